The number of amides is 1. The van der Waals surface area contributed by atoms with Crippen LogP contribution in [0.5, 0.6) is 5.75 Å². The van der Waals surface area contributed by atoms with Crippen LogP contribution in [-0.4, -0.2) is 18.4 Å². The van der Waals surface area contributed by atoms with Gasteiger partial charge in [-0.3, -0.25) is 4.79 Å². The minimum absolute atomic E-state index is 0.0315. The zero-order valence-corrected chi connectivity index (χ0v) is 12.9. The number of carbonyl (C=O) groups excluding carboxylic acids is 1. The van der Waals surface area contributed by atoms with E-state index >= 15 is 0 Å². The lowest BCUT2D eigenvalue weighted by atomic mass is 10.1. The van der Waals surface area contributed by atoms with Gasteiger partial charge >= 0.3 is 0 Å². The van der Waals surface area contributed by atoms with Crippen LogP contribution in [0.15, 0.2) is 24.3 Å². The van der Waals surface area contributed by atoms with Crippen LogP contribution in [0, 0.1) is 0 Å². The zero-order valence-electron chi connectivity index (χ0n) is 12.2. The van der Waals surface area contributed by atoms with Gasteiger partial charge in [-0.05, 0) is 30.7 Å². The van der Waals surface area contributed by atoms with E-state index in [1.54, 1.807) is 0 Å². The smallest absolute Gasteiger partial charge is 0.239 e. The second-order valence-electron chi connectivity index (χ2n) is 4.82. The van der Waals surface area contributed by atoms with Gasteiger partial charge in [-0.2, -0.15) is 0 Å². The first-order valence-electron chi connectivity index (χ1n) is 7.35. The second kappa shape index (κ2) is 10.6. The first-order chi connectivity index (χ1) is 9.76. The summed E-state index contributed by atoms with van der Waals surface area (Å²) in [6.07, 6.45) is 7.55. The number of ether oxygens (including phenoxy) is 1. The molecule has 1 rings (SSSR count). The number of alkyl halides is 1. The third-order valence-corrected chi connectivity index (χ3v) is 3.27. The van der Waals surface area contributed by atoms with Gasteiger partial charge in [-0.25, -0.2) is 0 Å². The van der Waals surface area contributed by atoms with Crippen LogP contribution in [0.2, 0.25) is 0 Å². The Morgan fingerprint density at radius 1 is 1.10 bits per heavy atom. The minimum atomic E-state index is -0.201. The van der Waals surface area contributed by atoms with Crippen LogP contribution >= 0.6 is 11.6 Å². The fourth-order valence-electron chi connectivity index (χ4n) is 1.90. The Hall–Kier alpha value is -1.22. The molecule has 1 N–H and O–H groups in total. The molecule has 0 fully saturated rings. The fourth-order valence-corrected chi connectivity index (χ4v) is 1.97. The highest BCUT2D eigenvalue weighted by molar-refractivity contribution is 6.29. The lowest BCUT2D eigenvalue weighted by molar-refractivity contribution is -0.113. The van der Waals surface area contributed by atoms with E-state index in [1.807, 2.05) is 24.3 Å². The van der Waals surface area contributed by atoms with E-state index in [4.69, 9.17) is 16.3 Å². The highest BCUT2D eigenvalue weighted by Crippen LogP contribution is 2.16. The molecule has 0 aromatic heterocycles. The third-order valence-electron chi connectivity index (χ3n) is 3.03. The molecule has 1 aromatic rings. The number of halogens is 1. The molecule has 0 aliphatic heterocycles. The molecule has 0 saturated heterocycles. The van der Waals surface area contributed by atoms with Gasteiger partial charge < -0.3 is 10.1 Å². The van der Waals surface area contributed by atoms with Crippen molar-refractivity contribution in [1.29, 1.82) is 0 Å². The van der Waals surface area contributed by atoms with Crippen molar-refractivity contribution in [2.45, 2.75) is 45.4 Å². The lowest BCUT2D eigenvalue weighted by Gasteiger charge is -2.07. The van der Waals surface area contributed by atoms with Crippen LogP contribution < -0.4 is 10.1 Å². The first kappa shape index (κ1) is 16.8. The summed E-state index contributed by atoms with van der Waals surface area (Å²) < 4.78 is 5.66. The standard InChI is InChI=1S/C16H24ClNO2/c1-2-3-4-5-6-7-12-20-15-10-8-14(9-11-15)18-16(19)13-17/h8-11H,2-7,12-13H2,1H3,(H,18,19). The van der Waals surface area contributed by atoms with Crippen molar-refractivity contribution in [2.75, 3.05) is 17.8 Å². The number of hydrogen-bond donors (Lipinski definition) is 1. The predicted molar refractivity (Wildman–Crippen MR) is 84.7 cm³/mol. The van der Waals surface area contributed by atoms with Gasteiger partial charge in [-0.1, -0.05) is 39.0 Å². The fraction of sp³-hybridized carbons (Fsp3) is 0.562. The molecule has 1 aromatic carbocycles. The highest BCUT2D eigenvalue weighted by atomic mass is 35.5. The van der Waals surface area contributed by atoms with Crippen molar-refractivity contribution < 1.29 is 9.53 Å². The molecule has 3 nitrogen and oxygen atoms in total. The second-order valence-corrected chi connectivity index (χ2v) is 5.09. The summed E-state index contributed by atoms with van der Waals surface area (Å²) in [5, 5.41) is 2.69. The summed E-state index contributed by atoms with van der Waals surface area (Å²) in [4.78, 5) is 11.1. The molecular formula is C16H24ClNO2. The molecule has 0 radical (unpaired) electrons. The molecule has 0 spiro atoms. The molecule has 0 atom stereocenters. The summed E-state index contributed by atoms with van der Waals surface area (Å²) in [5.74, 6) is 0.603. The Bertz CT molecular complexity index is 379. The van der Waals surface area contributed by atoms with Crippen LogP contribution in [0.1, 0.15) is 45.4 Å². The molecular weight excluding hydrogens is 274 g/mol. The molecule has 0 saturated carbocycles. The van der Waals surface area contributed by atoms with Crippen LogP contribution in [-0.2, 0) is 4.79 Å². The Labute approximate surface area is 126 Å². The summed E-state index contributed by atoms with van der Waals surface area (Å²) >= 11 is 5.43. The van der Waals surface area contributed by atoms with Crippen LogP contribution in [0.25, 0.3) is 0 Å². The summed E-state index contributed by atoms with van der Waals surface area (Å²) in [6.45, 7) is 2.97. The van der Waals surface area contributed by atoms with Gasteiger partial charge in [0, 0.05) is 5.69 Å². The van der Waals surface area contributed by atoms with E-state index in [1.165, 1.54) is 32.1 Å². The monoisotopic (exact) mass is 297 g/mol. The number of carbonyl (C=O) groups is 1. The summed E-state index contributed by atoms with van der Waals surface area (Å²) in [7, 11) is 0. The van der Waals surface area contributed by atoms with E-state index in [0.717, 1.165) is 24.5 Å². The largest absolute Gasteiger partial charge is 0.494 e. The van der Waals surface area contributed by atoms with E-state index < -0.39 is 0 Å². The van der Waals surface area contributed by atoms with Crippen molar-refractivity contribution in [3.8, 4) is 5.75 Å². The van der Waals surface area contributed by atoms with Crippen molar-refractivity contribution >= 4 is 23.2 Å². The van der Waals surface area contributed by atoms with E-state index in [9.17, 15) is 4.79 Å². The van der Waals surface area contributed by atoms with Gasteiger partial charge in [0.05, 0.1) is 6.61 Å². The molecule has 0 unspecified atom stereocenters. The number of benzene rings is 1. The summed E-state index contributed by atoms with van der Waals surface area (Å²) in [5.41, 5.74) is 0.738. The Morgan fingerprint density at radius 3 is 2.40 bits per heavy atom. The first-order valence-corrected chi connectivity index (χ1v) is 7.88. The van der Waals surface area contributed by atoms with E-state index in [2.05, 4.69) is 12.2 Å². The Balaban J connectivity index is 2.16. The lowest BCUT2D eigenvalue weighted by Crippen LogP contribution is -2.12. The molecule has 112 valence electrons. The van der Waals surface area contributed by atoms with Gasteiger partial charge in [-0.15, -0.1) is 11.6 Å². The van der Waals surface area contributed by atoms with Gasteiger partial charge in [0.1, 0.15) is 11.6 Å². The molecule has 0 aliphatic rings. The van der Waals surface area contributed by atoms with Crippen molar-refractivity contribution in [3.05, 3.63) is 24.3 Å². The number of nitrogens with one attached hydrogen (secondary N) is 1. The minimum Gasteiger partial charge on any atom is -0.494 e. The molecule has 1 amide bonds. The molecule has 0 heterocycles. The summed E-state index contributed by atoms with van der Waals surface area (Å²) in [6, 6.07) is 7.36. The number of rotatable bonds is 10. The number of hydrogen-bond acceptors (Lipinski definition) is 2. The molecule has 4 heteroatoms. The van der Waals surface area contributed by atoms with Crippen molar-refractivity contribution in [2.24, 2.45) is 0 Å². The maximum Gasteiger partial charge on any atom is 0.239 e. The normalized spacial score (nSPS) is 10.3. The molecule has 0 aliphatic carbocycles. The predicted octanol–water partition coefficient (Wildman–Crippen LogP) is 4.60. The van der Waals surface area contributed by atoms with E-state index in [0.29, 0.717) is 0 Å². The Morgan fingerprint density at radius 2 is 1.75 bits per heavy atom. The zero-order chi connectivity index (χ0) is 14.6. The average Bonchev–Trinajstić information content (AvgIpc) is 2.48. The SMILES string of the molecule is CCCCCCCCOc1ccc(NC(=O)CCl)cc1. The third kappa shape index (κ3) is 7.39. The van der Waals surface area contributed by atoms with Crippen LogP contribution in [0.3, 0.4) is 0 Å². The number of anilines is 1. The molecule has 0 bridgehead atoms. The van der Waals surface area contributed by atoms with Crippen LogP contribution in [0.4, 0.5) is 5.69 Å². The van der Waals surface area contributed by atoms with Gasteiger partial charge in [0.25, 0.3) is 0 Å². The highest BCUT2D eigenvalue weighted by Gasteiger charge is 2.00. The van der Waals surface area contributed by atoms with Gasteiger partial charge in [0.15, 0.2) is 0 Å². The Kier molecular flexibility index (Phi) is 8.88. The maximum atomic E-state index is 11.1. The maximum absolute atomic E-state index is 11.1. The van der Waals surface area contributed by atoms with Crippen molar-refractivity contribution in [3.63, 3.8) is 0 Å². The van der Waals surface area contributed by atoms with E-state index in [-0.39, 0.29) is 11.8 Å². The van der Waals surface area contributed by atoms with Gasteiger partial charge in [0.2, 0.25) is 5.91 Å². The average molecular weight is 298 g/mol. The number of unbranched alkanes of at least 4 members (excludes halogenated alkanes) is 5. The topological polar surface area (TPSA) is 38.3 Å². The van der Waals surface area contributed by atoms with Crippen molar-refractivity contribution in [1.82, 2.24) is 0 Å². The quantitative estimate of drug-likeness (QED) is 0.506. The molecule has 20 heavy (non-hydrogen) atoms.